The van der Waals surface area contributed by atoms with E-state index in [1.54, 1.807) is 0 Å². The molecule has 0 aliphatic carbocycles. The van der Waals surface area contributed by atoms with Gasteiger partial charge in [-0.25, -0.2) is 0 Å². The lowest BCUT2D eigenvalue weighted by molar-refractivity contribution is -0.384. The second-order valence-electron chi connectivity index (χ2n) is 4.43. The quantitative estimate of drug-likeness (QED) is 0.451. The third kappa shape index (κ3) is 4.97. The molecule has 0 bridgehead atoms. The number of amides is 1. The molecule has 0 heterocycles. The topological polar surface area (TPSA) is 81.5 Å². The van der Waals surface area contributed by atoms with Crippen LogP contribution in [0, 0.1) is 10.1 Å². The standard InChI is InChI=1S/C15H13BrN2O4S/c1-22-14-7-4-11(18(20)21)8-13(14)17-15(19)9-23-12-5-2-10(16)3-6-12/h2-8H,9H2,1H3,(H,17,19). The largest absolute Gasteiger partial charge is 0.495 e. The SMILES string of the molecule is COc1ccc([N+](=O)[O-])cc1NC(=O)CSc1ccc(Br)cc1. The summed E-state index contributed by atoms with van der Waals surface area (Å²) >= 11 is 4.72. The van der Waals surface area contributed by atoms with Gasteiger partial charge in [-0.05, 0) is 30.3 Å². The molecule has 120 valence electrons. The summed E-state index contributed by atoms with van der Waals surface area (Å²) in [5.41, 5.74) is 0.171. The zero-order valence-electron chi connectivity index (χ0n) is 12.1. The molecule has 0 aliphatic heterocycles. The van der Waals surface area contributed by atoms with E-state index in [1.807, 2.05) is 24.3 Å². The Kier molecular flexibility index (Phi) is 6.00. The van der Waals surface area contributed by atoms with Crippen molar-refractivity contribution in [2.24, 2.45) is 0 Å². The Morgan fingerprint density at radius 2 is 2.00 bits per heavy atom. The summed E-state index contributed by atoms with van der Waals surface area (Å²) in [7, 11) is 1.44. The van der Waals surface area contributed by atoms with Crippen molar-refractivity contribution in [3.8, 4) is 5.75 Å². The van der Waals surface area contributed by atoms with Gasteiger partial charge < -0.3 is 10.1 Å². The van der Waals surface area contributed by atoms with E-state index in [0.717, 1.165) is 9.37 Å². The fourth-order valence-electron chi connectivity index (χ4n) is 1.77. The second-order valence-corrected chi connectivity index (χ2v) is 6.40. The summed E-state index contributed by atoms with van der Waals surface area (Å²) in [6, 6.07) is 11.6. The van der Waals surface area contributed by atoms with Gasteiger partial charge in [0.1, 0.15) is 5.75 Å². The molecule has 1 amide bonds. The van der Waals surface area contributed by atoms with Crippen molar-refractivity contribution >= 4 is 45.0 Å². The number of nitro benzene ring substituents is 1. The number of nitrogens with zero attached hydrogens (tertiary/aromatic N) is 1. The molecule has 0 fully saturated rings. The monoisotopic (exact) mass is 396 g/mol. The summed E-state index contributed by atoms with van der Waals surface area (Å²) < 4.78 is 6.07. The molecule has 23 heavy (non-hydrogen) atoms. The number of thioether (sulfide) groups is 1. The van der Waals surface area contributed by atoms with Crippen LogP contribution < -0.4 is 10.1 Å². The Hall–Kier alpha value is -2.06. The molecule has 2 aromatic rings. The van der Waals surface area contributed by atoms with Crippen LogP contribution in [0.15, 0.2) is 51.8 Å². The molecule has 1 N–H and O–H groups in total. The zero-order chi connectivity index (χ0) is 16.8. The van der Waals surface area contributed by atoms with Gasteiger partial charge in [-0.15, -0.1) is 11.8 Å². The van der Waals surface area contributed by atoms with Crippen LogP contribution in [-0.2, 0) is 4.79 Å². The maximum absolute atomic E-state index is 12.0. The number of non-ortho nitro benzene ring substituents is 1. The predicted octanol–water partition coefficient (Wildman–Crippen LogP) is 4.10. The van der Waals surface area contributed by atoms with Gasteiger partial charge in [-0.2, -0.15) is 0 Å². The van der Waals surface area contributed by atoms with Gasteiger partial charge >= 0.3 is 0 Å². The normalized spacial score (nSPS) is 10.2. The fraction of sp³-hybridized carbons (Fsp3) is 0.133. The third-order valence-corrected chi connectivity index (χ3v) is 4.39. The van der Waals surface area contributed by atoms with Gasteiger partial charge in [0, 0.05) is 21.5 Å². The number of nitrogens with one attached hydrogen (secondary N) is 1. The van der Waals surface area contributed by atoms with E-state index in [0.29, 0.717) is 5.75 Å². The highest BCUT2D eigenvalue weighted by Gasteiger charge is 2.13. The third-order valence-electron chi connectivity index (χ3n) is 2.85. The lowest BCUT2D eigenvalue weighted by Gasteiger charge is -2.10. The minimum absolute atomic E-state index is 0.110. The highest BCUT2D eigenvalue weighted by atomic mass is 79.9. The van der Waals surface area contributed by atoms with Gasteiger partial charge in [0.25, 0.3) is 5.69 Å². The molecule has 6 nitrogen and oxygen atoms in total. The molecule has 0 saturated heterocycles. The molecular formula is C15H13BrN2O4S. The number of halogens is 1. The molecule has 0 atom stereocenters. The van der Waals surface area contributed by atoms with Crippen molar-refractivity contribution in [3.05, 3.63) is 57.1 Å². The average Bonchev–Trinajstić information content (AvgIpc) is 2.54. The Morgan fingerprint density at radius 3 is 2.61 bits per heavy atom. The van der Waals surface area contributed by atoms with E-state index >= 15 is 0 Å². The Balaban J connectivity index is 2.02. The van der Waals surface area contributed by atoms with E-state index in [2.05, 4.69) is 21.2 Å². The van der Waals surface area contributed by atoms with Gasteiger partial charge in [-0.3, -0.25) is 14.9 Å². The number of hydrogen-bond donors (Lipinski definition) is 1. The first kappa shape index (κ1) is 17.3. The number of methoxy groups -OCH3 is 1. The lowest BCUT2D eigenvalue weighted by Crippen LogP contribution is -2.14. The number of carbonyl (C=O) groups is 1. The lowest BCUT2D eigenvalue weighted by atomic mass is 10.2. The van der Waals surface area contributed by atoms with Crippen LogP contribution in [0.5, 0.6) is 5.75 Å². The smallest absolute Gasteiger partial charge is 0.271 e. The maximum Gasteiger partial charge on any atom is 0.271 e. The van der Waals surface area contributed by atoms with Crippen LogP contribution in [0.25, 0.3) is 0 Å². The minimum Gasteiger partial charge on any atom is -0.495 e. The van der Waals surface area contributed by atoms with Crippen LogP contribution in [0.4, 0.5) is 11.4 Å². The second kappa shape index (κ2) is 7.98. The Bertz CT molecular complexity index is 722. The van der Waals surface area contributed by atoms with Crippen molar-refractivity contribution in [3.63, 3.8) is 0 Å². The van der Waals surface area contributed by atoms with Crippen molar-refractivity contribution in [1.29, 1.82) is 0 Å². The van der Waals surface area contributed by atoms with E-state index in [-0.39, 0.29) is 23.0 Å². The van der Waals surface area contributed by atoms with E-state index in [1.165, 1.54) is 37.1 Å². The molecule has 0 aromatic heterocycles. The van der Waals surface area contributed by atoms with Crippen LogP contribution >= 0.6 is 27.7 Å². The van der Waals surface area contributed by atoms with Crippen molar-refractivity contribution < 1.29 is 14.5 Å². The predicted molar refractivity (Wildman–Crippen MR) is 93.1 cm³/mol. The summed E-state index contributed by atoms with van der Waals surface area (Å²) in [6.45, 7) is 0. The number of benzene rings is 2. The molecule has 0 radical (unpaired) electrons. The van der Waals surface area contributed by atoms with Gasteiger partial charge in [-0.1, -0.05) is 15.9 Å². The fourth-order valence-corrected chi connectivity index (χ4v) is 2.74. The first-order valence-corrected chi connectivity index (χ1v) is 8.28. The molecule has 2 aromatic carbocycles. The van der Waals surface area contributed by atoms with Crippen molar-refractivity contribution in [2.75, 3.05) is 18.2 Å². The number of carbonyl (C=O) groups excluding carboxylic acids is 1. The van der Waals surface area contributed by atoms with Crippen LogP contribution in [0.2, 0.25) is 0 Å². The van der Waals surface area contributed by atoms with E-state index in [9.17, 15) is 14.9 Å². The zero-order valence-corrected chi connectivity index (χ0v) is 14.5. The first-order chi connectivity index (χ1) is 11.0. The van der Waals surface area contributed by atoms with Crippen LogP contribution in [0.1, 0.15) is 0 Å². The van der Waals surface area contributed by atoms with E-state index in [4.69, 9.17) is 4.74 Å². The molecular weight excluding hydrogens is 384 g/mol. The van der Waals surface area contributed by atoms with Gasteiger partial charge in [0.2, 0.25) is 5.91 Å². The number of rotatable bonds is 6. The van der Waals surface area contributed by atoms with Crippen LogP contribution in [-0.4, -0.2) is 23.7 Å². The van der Waals surface area contributed by atoms with Gasteiger partial charge in [0.05, 0.1) is 23.5 Å². The summed E-state index contributed by atoms with van der Waals surface area (Å²) in [5, 5.41) is 13.5. The average molecular weight is 397 g/mol. The Morgan fingerprint density at radius 1 is 1.30 bits per heavy atom. The molecule has 2 rings (SSSR count). The maximum atomic E-state index is 12.0. The first-order valence-electron chi connectivity index (χ1n) is 6.50. The molecule has 0 saturated carbocycles. The minimum atomic E-state index is -0.522. The molecule has 8 heteroatoms. The molecule has 0 spiro atoms. The van der Waals surface area contributed by atoms with Crippen molar-refractivity contribution in [2.45, 2.75) is 4.90 Å². The van der Waals surface area contributed by atoms with E-state index < -0.39 is 4.92 Å². The Labute approximate surface area is 145 Å². The summed E-state index contributed by atoms with van der Waals surface area (Å²) in [6.07, 6.45) is 0. The molecule has 0 aliphatic rings. The van der Waals surface area contributed by atoms with Crippen molar-refractivity contribution in [1.82, 2.24) is 0 Å². The highest BCUT2D eigenvalue weighted by molar-refractivity contribution is 9.10. The number of ether oxygens (including phenoxy) is 1. The van der Waals surface area contributed by atoms with Gasteiger partial charge in [0.15, 0.2) is 0 Å². The highest BCUT2D eigenvalue weighted by Crippen LogP contribution is 2.29. The molecule has 0 unspecified atom stereocenters. The summed E-state index contributed by atoms with van der Waals surface area (Å²) in [4.78, 5) is 23.3. The van der Waals surface area contributed by atoms with Crippen LogP contribution in [0.3, 0.4) is 0 Å². The summed E-state index contributed by atoms with van der Waals surface area (Å²) in [5.74, 6) is 0.294. The number of anilines is 1. The number of hydrogen-bond acceptors (Lipinski definition) is 5. The number of nitro groups is 1.